The molecule has 6 N–H and O–H groups in total. The predicted octanol–water partition coefficient (Wildman–Crippen LogP) is -3.56. The van der Waals surface area contributed by atoms with Crippen LogP contribution in [0, 0.1) is 0 Å². The van der Waals surface area contributed by atoms with Gasteiger partial charge in [-0.25, -0.2) is 0 Å². The van der Waals surface area contributed by atoms with Crippen molar-refractivity contribution in [1.29, 1.82) is 0 Å². The highest BCUT2D eigenvalue weighted by Gasteiger charge is 2.44. The lowest BCUT2D eigenvalue weighted by molar-refractivity contribution is -0.175. The third-order valence-corrected chi connectivity index (χ3v) is 1.98. The zero-order valence-corrected chi connectivity index (χ0v) is 6.53. The Balaban J connectivity index is 2.76. The predicted molar refractivity (Wildman–Crippen MR) is 38.6 cm³/mol. The van der Waals surface area contributed by atoms with Crippen molar-refractivity contribution < 1.29 is 30.3 Å². The second-order valence-electron chi connectivity index (χ2n) is 2.90. The van der Waals surface area contributed by atoms with Crippen LogP contribution in [0.1, 0.15) is 0 Å². The summed E-state index contributed by atoms with van der Waals surface area (Å²) < 4.78 is 0. The average Bonchev–Trinajstić information content (AvgIpc) is 2.07. The van der Waals surface area contributed by atoms with E-state index >= 15 is 0 Å². The zero-order chi connectivity index (χ0) is 10.2. The summed E-state index contributed by atoms with van der Waals surface area (Å²) in [5, 5.41) is 46.7. The fourth-order valence-electron chi connectivity index (χ4n) is 1.18. The van der Waals surface area contributed by atoms with Gasteiger partial charge in [-0.1, -0.05) is 0 Å². The van der Waals surface area contributed by atoms with Crippen LogP contribution in [0.3, 0.4) is 0 Å². The van der Waals surface area contributed by atoms with E-state index in [0.29, 0.717) is 0 Å². The molecule has 1 fully saturated rings. The Kier molecular flexibility index (Phi) is 2.84. The van der Waals surface area contributed by atoms with Crippen molar-refractivity contribution >= 4 is 5.97 Å². The summed E-state index contributed by atoms with van der Waals surface area (Å²) in [6.07, 6.45) is -6.46. The summed E-state index contributed by atoms with van der Waals surface area (Å²) in [5.74, 6) is -1.41. The highest BCUT2D eigenvalue weighted by atomic mass is 16.4. The molecule has 1 aliphatic rings. The zero-order valence-electron chi connectivity index (χ0n) is 6.53. The topological polar surface area (TPSA) is 130 Å². The molecular weight excluding hydrogens is 182 g/mol. The average molecular weight is 193 g/mol. The summed E-state index contributed by atoms with van der Waals surface area (Å²) in [6.45, 7) is 0. The largest absolute Gasteiger partial charge is 0.480 e. The quantitative estimate of drug-likeness (QED) is 0.254. The van der Waals surface area contributed by atoms with E-state index < -0.39 is 36.6 Å². The normalized spacial score (nSPS) is 46.0. The van der Waals surface area contributed by atoms with Gasteiger partial charge in [-0.3, -0.25) is 10.1 Å². The lowest BCUT2D eigenvalue weighted by Crippen LogP contribution is -2.67. The molecule has 5 atom stereocenters. The smallest absolute Gasteiger partial charge is 0.323 e. The maximum absolute atomic E-state index is 10.4. The molecule has 0 aromatic rings. The van der Waals surface area contributed by atoms with Crippen LogP contribution in [-0.2, 0) is 4.79 Å². The first-order chi connectivity index (χ1) is 5.95. The Hall–Kier alpha value is -0.730. The van der Waals surface area contributed by atoms with Gasteiger partial charge in [0, 0.05) is 0 Å². The van der Waals surface area contributed by atoms with Crippen LogP contribution in [0.2, 0.25) is 0 Å². The van der Waals surface area contributed by atoms with Crippen LogP contribution in [0.5, 0.6) is 0 Å². The highest BCUT2D eigenvalue weighted by molar-refractivity contribution is 5.74. The van der Waals surface area contributed by atoms with Gasteiger partial charge in [0.1, 0.15) is 30.6 Å². The Labute approximate surface area is 73.2 Å². The van der Waals surface area contributed by atoms with Crippen molar-refractivity contribution in [1.82, 2.24) is 5.32 Å². The monoisotopic (exact) mass is 193 g/mol. The summed E-state index contributed by atoms with van der Waals surface area (Å²) in [4.78, 5) is 10.4. The third-order valence-electron chi connectivity index (χ3n) is 1.98. The molecule has 0 saturated carbocycles. The molecule has 0 bridgehead atoms. The minimum Gasteiger partial charge on any atom is -0.480 e. The van der Waals surface area contributed by atoms with Crippen LogP contribution < -0.4 is 5.32 Å². The molecule has 7 heteroatoms. The van der Waals surface area contributed by atoms with Crippen molar-refractivity contribution in [3.8, 4) is 0 Å². The molecule has 1 rings (SSSR count). The number of hydrogen-bond acceptors (Lipinski definition) is 6. The SMILES string of the molecule is O=C(O)C1NC(O)C(O)C(O)C1O. The Morgan fingerprint density at radius 3 is 2.00 bits per heavy atom. The number of rotatable bonds is 1. The summed E-state index contributed by atoms with van der Waals surface area (Å²) in [7, 11) is 0. The van der Waals surface area contributed by atoms with E-state index in [2.05, 4.69) is 0 Å². The number of carbonyl (C=O) groups is 1. The molecule has 1 heterocycles. The van der Waals surface area contributed by atoms with Crippen molar-refractivity contribution in [3.05, 3.63) is 0 Å². The molecular formula is C6H11NO6. The molecule has 7 nitrogen and oxygen atoms in total. The Morgan fingerprint density at radius 1 is 1.00 bits per heavy atom. The van der Waals surface area contributed by atoms with Crippen molar-refractivity contribution in [2.75, 3.05) is 0 Å². The molecule has 1 aliphatic heterocycles. The molecule has 13 heavy (non-hydrogen) atoms. The first-order valence-electron chi connectivity index (χ1n) is 3.66. The fraction of sp³-hybridized carbons (Fsp3) is 0.833. The number of nitrogens with one attached hydrogen (secondary N) is 1. The lowest BCUT2D eigenvalue weighted by Gasteiger charge is -2.37. The minimum atomic E-state index is -1.67. The second kappa shape index (κ2) is 3.56. The fourth-order valence-corrected chi connectivity index (χ4v) is 1.18. The van der Waals surface area contributed by atoms with Crippen LogP contribution >= 0.6 is 0 Å². The van der Waals surface area contributed by atoms with Crippen LogP contribution in [-0.4, -0.2) is 62.1 Å². The lowest BCUT2D eigenvalue weighted by atomic mass is 9.95. The maximum Gasteiger partial charge on any atom is 0.323 e. The molecule has 0 radical (unpaired) electrons. The molecule has 0 aromatic heterocycles. The van der Waals surface area contributed by atoms with Gasteiger partial charge < -0.3 is 25.5 Å². The summed E-state index contributed by atoms with van der Waals surface area (Å²) in [5.41, 5.74) is 0. The Morgan fingerprint density at radius 2 is 1.54 bits per heavy atom. The molecule has 1 saturated heterocycles. The number of carboxylic acids is 1. The van der Waals surface area contributed by atoms with Gasteiger partial charge >= 0.3 is 5.97 Å². The first-order valence-corrected chi connectivity index (χ1v) is 3.66. The van der Waals surface area contributed by atoms with E-state index in [0.717, 1.165) is 0 Å². The molecule has 0 aliphatic carbocycles. The Bertz CT molecular complexity index is 209. The van der Waals surface area contributed by atoms with Crippen molar-refractivity contribution in [2.24, 2.45) is 0 Å². The number of aliphatic hydroxyl groups excluding tert-OH is 4. The number of piperidine rings is 1. The number of carboxylic acid groups (broad SMARTS) is 1. The van der Waals surface area contributed by atoms with E-state index in [4.69, 9.17) is 25.5 Å². The minimum absolute atomic E-state index is 1.41. The summed E-state index contributed by atoms with van der Waals surface area (Å²) >= 11 is 0. The van der Waals surface area contributed by atoms with Gasteiger partial charge in [-0.15, -0.1) is 0 Å². The molecule has 76 valence electrons. The highest BCUT2D eigenvalue weighted by Crippen LogP contribution is 2.14. The van der Waals surface area contributed by atoms with Crippen LogP contribution in [0.15, 0.2) is 0 Å². The van der Waals surface area contributed by atoms with E-state index in [1.54, 1.807) is 0 Å². The molecule has 0 spiro atoms. The van der Waals surface area contributed by atoms with Crippen LogP contribution in [0.25, 0.3) is 0 Å². The van der Waals surface area contributed by atoms with Gasteiger partial charge in [0.2, 0.25) is 0 Å². The van der Waals surface area contributed by atoms with E-state index in [1.807, 2.05) is 5.32 Å². The van der Waals surface area contributed by atoms with Crippen LogP contribution in [0.4, 0.5) is 0 Å². The third kappa shape index (κ3) is 1.79. The standard InChI is InChI=1S/C6H11NO6/c8-2-1(6(12)13)7-5(11)4(10)3(2)9/h1-5,7-11H,(H,12,13). The number of aliphatic hydroxyl groups is 4. The second-order valence-corrected chi connectivity index (χ2v) is 2.90. The summed E-state index contributed by atoms with van der Waals surface area (Å²) in [6, 6.07) is -1.48. The molecule has 0 aromatic carbocycles. The van der Waals surface area contributed by atoms with E-state index in [9.17, 15) is 4.79 Å². The van der Waals surface area contributed by atoms with E-state index in [-0.39, 0.29) is 0 Å². The van der Waals surface area contributed by atoms with Gasteiger partial charge in [0.05, 0.1) is 0 Å². The van der Waals surface area contributed by atoms with Gasteiger partial charge in [-0.2, -0.15) is 0 Å². The number of hydrogen-bond donors (Lipinski definition) is 6. The van der Waals surface area contributed by atoms with Crippen molar-refractivity contribution in [2.45, 2.75) is 30.6 Å². The van der Waals surface area contributed by atoms with Gasteiger partial charge in [0.25, 0.3) is 0 Å². The van der Waals surface area contributed by atoms with Crippen molar-refractivity contribution in [3.63, 3.8) is 0 Å². The molecule has 0 amide bonds. The number of aliphatic carboxylic acids is 1. The van der Waals surface area contributed by atoms with Gasteiger partial charge in [-0.05, 0) is 0 Å². The van der Waals surface area contributed by atoms with Gasteiger partial charge in [0.15, 0.2) is 0 Å². The first kappa shape index (κ1) is 10.4. The van der Waals surface area contributed by atoms with E-state index in [1.165, 1.54) is 0 Å². The molecule has 5 unspecified atom stereocenters. The maximum atomic E-state index is 10.4.